The van der Waals surface area contributed by atoms with Crippen LogP contribution >= 0.6 is 11.6 Å². The molecule has 1 aliphatic rings. The van der Waals surface area contributed by atoms with Crippen molar-refractivity contribution in [1.82, 2.24) is 9.78 Å². The van der Waals surface area contributed by atoms with Crippen molar-refractivity contribution in [2.45, 2.75) is 19.3 Å². The van der Waals surface area contributed by atoms with Crippen LogP contribution < -0.4 is 4.74 Å². The lowest BCUT2D eigenvalue weighted by molar-refractivity contribution is 0.412. The fourth-order valence-electron chi connectivity index (χ4n) is 3.28. The van der Waals surface area contributed by atoms with E-state index in [-0.39, 0.29) is 0 Å². The number of halogens is 1. The molecule has 116 valence electrons. The summed E-state index contributed by atoms with van der Waals surface area (Å²) in [7, 11) is 1.69. The number of rotatable bonds is 3. The molecule has 0 fully saturated rings. The smallest absolute Gasteiger partial charge is 0.144 e. The predicted molar refractivity (Wildman–Crippen MR) is 92.6 cm³/mol. The molecule has 23 heavy (non-hydrogen) atoms. The maximum atomic E-state index is 6.05. The van der Waals surface area contributed by atoms with E-state index < -0.39 is 0 Å². The summed E-state index contributed by atoms with van der Waals surface area (Å²) in [5, 5.41) is 5.62. The molecule has 2 aromatic carbocycles. The Hall–Kier alpha value is -2.26. The summed E-state index contributed by atoms with van der Waals surface area (Å²) in [5.74, 6) is 0.823. The van der Waals surface area contributed by atoms with Gasteiger partial charge in [-0.2, -0.15) is 5.10 Å². The molecule has 3 aromatic rings. The van der Waals surface area contributed by atoms with Crippen molar-refractivity contribution in [3.63, 3.8) is 0 Å². The molecule has 0 N–H and O–H groups in total. The zero-order chi connectivity index (χ0) is 15.8. The third kappa shape index (κ3) is 2.41. The molecule has 0 aliphatic heterocycles. The lowest BCUT2D eigenvalue weighted by Gasteiger charge is -2.13. The van der Waals surface area contributed by atoms with E-state index in [1.165, 1.54) is 17.7 Å². The minimum Gasteiger partial charge on any atom is -0.494 e. The van der Waals surface area contributed by atoms with Crippen LogP contribution in [-0.2, 0) is 12.8 Å². The Labute approximate surface area is 140 Å². The first-order valence-electron chi connectivity index (χ1n) is 7.78. The average molecular weight is 325 g/mol. The fraction of sp³-hybridized carbons (Fsp3) is 0.211. The van der Waals surface area contributed by atoms with Crippen LogP contribution in [0.4, 0.5) is 0 Å². The third-order valence-electron chi connectivity index (χ3n) is 4.34. The second kappa shape index (κ2) is 5.74. The van der Waals surface area contributed by atoms with Gasteiger partial charge in [-0.3, -0.25) is 0 Å². The molecule has 0 saturated carbocycles. The number of nitrogens with zero attached hydrogens (tertiary/aromatic N) is 2. The summed E-state index contributed by atoms with van der Waals surface area (Å²) in [6.45, 7) is 0. The van der Waals surface area contributed by atoms with Gasteiger partial charge in [0.1, 0.15) is 11.4 Å². The van der Waals surface area contributed by atoms with Crippen LogP contribution in [0, 0.1) is 0 Å². The van der Waals surface area contributed by atoms with Crippen LogP contribution in [0.25, 0.3) is 16.9 Å². The number of aryl methyl sites for hydroxylation is 1. The number of fused-ring (bicyclic) bond motifs is 1. The molecule has 1 heterocycles. The van der Waals surface area contributed by atoms with Crippen LogP contribution in [0.1, 0.15) is 17.7 Å². The lowest BCUT2D eigenvalue weighted by Crippen LogP contribution is -2.03. The Morgan fingerprint density at radius 1 is 1.04 bits per heavy atom. The number of hydrogen-bond acceptors (Lipinski definition) is 2. The van der Waals surface area contributed by atoms with Crippen LogP contribution in [-0.4, -0.2) is 16.9 Å². The number of para-hydroxylation sites is 2. The number of methoxy groups -OCH3 is 1. The summed E-state index contributed by atoms with van der Waals surface area (Å²) in [5.41, 5.74) is 5.79. The van der Waals surface area contributed by atoms with Gasteiger partial charge in [-0.25, -0.2) is 4.68 Å². The second-order valence-corrected chi connectivity index (χ2v) is 6.15. The second-order valence-electron chi connectivity index (χ2n) is 5.72. The van der Waals surface area contributed by atoms with E-state index in [1.54, 1.807) is 7.11 Å². The average Bonchev–Trinajstić information content (AvgIpc) is 3.16. The van der Waals surface area contributed by atoms with Gasteiger partial charge in [-0.1, -0.05) is 35.9 Å². The van der Waals surface area contributed by atoms with Gasteiger partial charge >= 0.3 is 0 Å². The van der Waals surface area contributed by atoms with Gasteiger partial charge in [-0.05, 0) is 43.5 Å². The van der Waals surface area contributed by atoms with Crippen molar-refractivity contribution in [3.05, 3.63) is 64.8 Å². The Balaban J connectivity index is 1.96. The molecule has 0 spiro atoms. The van der Waals surface area contributed by atoms with E-state index in [0.717, 1.165) is 40.6 Å². The predicted octanol–water partition coefficient (Wildman–Crippen LogP) is 4.69. The lowest BCUT2D eigenvalue weighted by atomic mass is 10.1. The largest absolute Gasteiger partial charge is 0.494 e. The molecule has 4 rings (SSSR count). The number of aromatic nitrogens is 2. The van der Waals surface area contributed by atoms with E-state index in [4.69, 9.17) is 21.4 Å². The Bertz CT molecular complexity index is 852. The Morgan fingerprint density at radius 2 is 1.83 bits per heavy atom. The summed E-state index contributed by atoms with van der Waals surface area (Å²) in [6.07, 6.45) is 3.28. The highest BCUT2D eigenvalue weighted by Crippen LogP contribution is 2.36. The normalized spacial score (nSPS) is 13.1. The molecule has 3 nitrogen and oxygen atoms in total. The van der Waals surface area contributed by atoms with E-state index in [2.05, 4.69) is 12.1 Å². The number of hydrogen-bond donors (Lipinski definition) is 0. The van der Waals surface area contributed by atoms with Gasteiger partial charge < -0.3 is 4.74 Å². The summed E-state index contributed by atoms with van der Waals surface area (Å²) in [6, 6.07) is 16.0. The summed E-state index contributed by atoms with van der Waals surface area (Å²) in [4.78, 5) is 0. The highest BCUT2D eigenvalue weighted by Gasteiger charge is 2.24. The van der Waals surface area contributed by atoms with Crippen molar-refractivity contribution in [1.29, 1.82) is 0 Å². The molecule has 1 aliphatic carbocycles. The molecule has 0 unspecified atom stereocenters. The first-order chi connectivity index (χ1) is 11.3. The minimum atomic E-state index is 0.744. The molecular formula is C19H17ClN2O. The van der Waals surface area contributed by atoms with E-state index >= 15 is 0 Å². The molecule has 4 heteroatoms. The number of benzene rings is 2. The van der Waals surface area contributed by atoms with Crippen molar-refractivity contribution in [3.8, 4) is 22.7 Å². The van der Waals surface area contributed by atoms with Crippen molar-refractivity contribution >= 4 is 11.6 Å². The number of ether oxygens (including phenoxy) is 1. The van der Waals surface area contributed by atoms with E-state index in [0.29, 0.717) is 0 Å². The zero-order valence-corrected chi connectivity index (χ0v) is 13.7. The maximum Gasteiger partial charge on any atom is 0.144 e. The molecule has 0 saturated heterocycles. The van der Waals surface area contributed by atoms with Gasteiger partial charge in [0, 0.05) is 16.1 Å². The molecule has 1 aromatic heterocycles. The van der Waals surface area contributed by atoms with Crippen LogP contribution in [0.3, 0.4) is 0 Å². The minimum absolute atomic E-state index is 0.744. The van der Waals surface area contributed by atoms with Crippen molar-refractivity contribution in [2.75, 3.05) is 7.11 Å². The first-order valence-corrected chi connectivity index (χ1v) is 8.16. The quantitative estimate of drug-likeness (QED) is 0.699. The molecular weight excluding hydrogens is 308 g/mol. The molecule has 0 bridgehead atoms. The Kier molecular flexibility index (Phi) is 3.58. The monoisotopic (exact) mass is 324 g/mol. The van der Waals surface area contributed by atoms with Gasteiger partial charge in [0.05, 0.1) is 18.5 Å². The van der Waals surface area contributed by atoms with Crippen LogP contribution in [0.5, 0.6) is 5.75 Å². The molecule has 0 radical (unpaired) electrons. The van der Waals surface area contributed by atoms with Crippen LogP contribution in [0.2, 0.25) is 5.02 Å². The third-order valence-corrected chi connectivity index (χ3v) is 4.59. The van der Waals surface area contributed by atoms with Crippen molar-refractivity contribution < 1.29 is 4.74 Å². The van der Waals surface area contributed by atoms with Crippen LogP contribution in [0.15, 0.2) is 48.5 Å². The first kappa shape index (κ1) is 14.3. The van der Waals surface area contributed by atoms with Gasteiger partial charge in [0.25, 0.3) is 0 Å². The van der Waals surface area contributed by atoms with Gasteiger partial charge in [0.15, 0.2) is 0 Å². The molecule has 0 amide bonds. The highest BCUT2D eigenvalue weighted by atomic mass is 35.5. The SMILES string of the molecule is COc1ccccc1-n1nc2c(c1-c1ccc(Cl)cc1)CCC2. The topological polar surface area (TPSA) is 27.1 Å². The van der Waals surface area contributed by atoms with E-state index in [9.17, 15) is 0 Å². The van der Waals surface area contributed by atoms with Gasteiger partial charge in [-0.15, -0.1) is 0 Å². The standard InChI is InChI=1S/C19H17ClN2O/c1-23-18-8-3-2-7-17(18)22-19(13-9-11-14(20)12-10-13)15-5-4-6-16(15)21-22/h2-3,7-12H,4-6H2,1H3. The molecule has 0 atom stereocenters. The zero-order valence-electron chi connectivity index (χ0n) is 12.9. The maximum absolute atomic E-state index is 6.05. The Morgan fingerprint density at radius 3 is 2.61 bits per heavy atom. The van der Waals surface area contributed by atoms with Gasteiger partial charge in [0.2, 0.25) is 0 Å². The summed E-state index contributed by atoms with van der Waals surface area (Å²) < 4.78 is 7.55. The van der Waals surface area contributed by atoms with E-state index in [1.807, 2.05) is 41.1 Å². The summed E-state index contributed by atoms with van der Waals surface area (Å²) >= 11 is 6.05. The highest BCUT2D eigenvalue weighted by molar-refractivity contribution is 6.30. The van der Waals surface area contributed by atoms with Crippen molar-refractivity contribution in [2.24, 2.45) is 0 Å². The fourth-order valence-corrected chi connectivity index (χ4v) is 3.40.